The largest absolute Gasteiger partial charge is 0.293 e. The first kappa shape index (κ1) is 12.4. The molecule has 0 fully saturated rings. The monoisotopic (exact) mass is 269 g/mol. The molecular formula is C16H15NOS. The van der Waals surface area contributed by atoms with Crippen molar-refractivity contribution in [3.8, 4) is 0 Å². The van der Waals surface area contributed by atoms with E-state index in [1.54, 1.807) is 18.0 Å². The number of fused-ring (bicyclic) bond motifs is 1. The van der Waals surface area contributed by atoms with E-state index in [0.717, 1.165) is 29.0 Å². The molecule has 1 heterocycles. The Balaban J connectivity index is 1.98. The van der Waals surface area contributed by atoms with Crippen LogP contribution in [-0.2, 0) is 6.42 Å². The molecule has 2 nitrogen and oxygen atoms in total. The first-order chi connectivity index (χ1) is 9.31. The second-order valence-corrected chi connectivity index (χ2v) is 5.55. The normalized spacial score (nSPS) is 17.2. The van der Waals surface area contributed by atoms with E-state index in [2.05, 4.69) is 11.1 Å². The van der Waals surface area contributed by atoms with Crippen LogP contribution in [0.5, 0.6) is 0 Å². The SMILES string of the molecule is CSc1ccccc1C(=O)C1CCc2cccnc21. The van der Waals surface area contributed by atoms with Crippen molar-refractivity contribution in [2.24, 2.45) is 0 Å². The third-order valence-electron chi connectivity index (χ3n) is 3.65. The maximum Gasteiger partial charge on any atom is 0.173 e. The van der Waals surface area contributed by atoms with Crippen molar-refractivity contribution in [3.63, 3.8) is 0 Å². The maximum atomic E-state index is 12.7. The zero-order valence-electron chi connectivity index (χ0n) is 10.8. The fraction of sp³-hybridized carbons (Fsp3) is 0.250. The van der Waals surface area contributed by atoms with Crippen LogP contribution in [0.2, 0.25) is 0 Å². The lowest BCUT2D eigenvalue weighted by Crippen LogP contribution is -2.12. The maximum absolute atomic E-state index is 12.7. The summed E-state index contributed by atoms with van der Waals surface area (Å²) in [6.07, 6.45) is 5.63. The number of Topliss-reactive ketones (excluding diaryl/α,β-unsaturated/α-hetero) is 1. The van der Waals surface area contributed by atoms with E-state index in [-0.39, 0.29) is 11.7 Å². The van der Waals surface area contributed by atoms with Crippen LogP contribution in [0.25, 0.3) is 0 Å². The van der Waals surface area contributed by atoms with Crippen LogP contribution in [0.4, 0.5) is 0 Å². The number of ketones is 1. The Morgan fingerprint density at radius 3 is 2.95 bits per heavy atom. The Morgan fingerprint density at radius 2 is 2.11 bits per heavy atom. The Kier molecular flexibility index (Phi) is 3.38. The van der Waals surface area contributed by atoms with Crippen LogP contribution in [0, 0.1) is 0 Å². The fourth-order valence-corrected chi connectivity index (χ4v) is 3.31. The molecule has 0 bridgehead atoms. The van der Waals surface area contributed by atoms with Gasteiger partial charge in [-0.3, -0.25) is 9.78 Å². The number of pyridine rings is 1. The smallest absolute Gasteiger partial charge is 0.173 e. The van der Waals surface area contributed by atoms with Gasteiger partial charge in [0.05, 0.1) is 11.6 Å². The number of carbonyl (C=O) groups excluding carboxylic acids is 1. The van der Waals surface area contributed by atoms with Crippen LogP contribution >= 0.6 is 11.8 Å². The van der Waals surface area contributed by atoms with Gasteiger partial charge < -0.3 is 0 Å². The topological polar surface area (TPSA) is 30.0 Å². The third-order valence-corrected chi connectivity index (χ3v) is 4.44. The molecule has 1 aliphatic carbocycles. The van der Waals surface area contributed by atoms with Crippen LogP contribution in [0.1, 0.15) is 34.0 Å². The predicted octanol–water partition coefficient (Wildman–Crippen LogP) is 3.72. The van der Waals surface area contributed by atoms with E-state index < -0.39 is 0 Å². The molecule has 0 saturated carbocycles. The zero-order chi connectivity index (χ0) is 13.2. The van der Waals surface area contributed by atoms with Crippen LogP contribution in [0.15, 0.2) is 47.5 Å². The van der Waals surface area contributed by atoms with Crippen molar-refractivity contribution in [1.29, 1.82) is 0 Å². The van der Waals surface area contributed by atoms with Crippen molar-refractivity contribution >= 4 is 17.5 Å². The number of hydrogen-bond donors (Lipinski definition) is 0. The van der Waals surface area contributed by atoms with Gasteiger partial charge in [-0.05, 0) is 36.8 Å². The molecule has 0 N–H and O–H groups in total. The summed E-state index contributed by atoms with van der Waals surface area (Å²) in [6.45, 7) is 0. The zero-order valence-corrected chi connectivity index (χ0v) is 11.6. The average molecular weight is 269 g/mol. The lowest BCUT2D eigenvalue weighted by atomic mass is 9.95. The number of nitrogens with zero attached hydrogens (tertiary/aromatic N) is 1. The number of hydrogen-bond acceptors (Lipinski definition) is 3. The summed E-state index contributed by atoms with van der Waals surface area (Å²) >= 11 is 1.62. The molecule has 3 heteroatoms. The summed E-state index contributed by atoms with van der Waals surface area (Å²) in [5, 5.41) is 0. The summed E-state index contributed by atoms with van der Waals surface area (Å²) in [7, 11) is 0. The molecular weight excluding hydrogens is 254 g/mol. The number of aryl methyl sites for hydroxylation is 1. The van der Waals surface area contributed by atoms with Gasteiger partial charge in [-0.2, -0.15) is 0 Å². The number of aromatic nitrogens is 1. The minimum absolute atomic E-state index is 0.0653. The molecule has 0 saturated heterocycles. The molecule has 1 aromatic heterocycles. The van der Waals surface area contributed by atoms with Gasteiger partial charge in [-0.1, -0.05) is 24.3 Å². The third kappa shape index (κ3) is 2.19. The molecule has 3 rings (SSSR count). The fourth-order valence-electron chi connectivity index (χ4n) is 2.70. The Bertz CT molecular complexity index is 624. The van der Waals surface area contributed by atoms with Gasteiger partial charge in [0.1, 0.15) is 0 Å². The second kappa shape index (κ2) is 5.17. The van der Waals surface area contributed by atoms with Gasteiger partial charge >= 0.3 is 0 Å². The molecule has 0 spiro atoms. The molecule has 19 heavy (non-hydrogen) atoms. The van der Waals surface area contributed by atoms with E-state index in [1.807, 2.05) is 36.6 Å². The molecule has 1 aliphatic rings. The van der Waals surface area contributed by atoms with E-state index in [9.17, 15) is 4.79 Å². The Morgan fingerprint density at radius 1 is 1.26 bits per heavy atom. The van der Waals surface area contributed by atoms with Gasteiger partial charge in [0.2, 0.25) is 0 Å². The van der Waals surface area contributed by atoms with E-state index in [0.29, 0.717) is 0 Å². The molecule has 1 atom stereocenters. The van der Waals surface area contributed by atoms with Crippen molar-refractivity contribution in [1.82, 2.24) is 4.98 Å². The van der Waals surface area contributed by atoms with E-state index in [1.165, 1.54) is 5.56 Å². The van der Waals surface area contributed by atoms with Gasteiger partial charge in [-0.15, -0.1) is 11.8 Å². The van der Waals surface area contributed by atoms with Crippen molar-refractivity contribution in [2.75, 3.05) is 6.26 Å². The quantitative estimate of drug-likeness (QED) is 0.628. The van der Waals surface area contributed by atoms with E-state index in [4.69, 9.17) is 0 Å². The number of carbonyl (C=O) groups is 1. The summed E-state index contributed by atoms with van der Waals surface area (Å²) in [5.74, 6) is 0.145. The first-order valence-electron chi connectivity index (χ1n) is 6.42. The highest BCUT2D eigenvalue weighted by atomic mass is 32.2. The molecule has 0 amide bonds. The number of rotatable bonds is 3. The Labute approximate surface area is 117 Å². The summed E-state index contributed by atoms with van der Waals surface area (Å²) in [5.41, 5.74) is 3.03. The lowest BCUT2D eigenvalue weighted by Gasteiger charge is -2.12. The summed E-state index contributed by atoms with van der Waals surface area (Å²) < 4.78 is 0. The van der Waals surface area contributed by atoms with Gasteiger partial charge in [0, 0.05) is 16.7 Å². The van der Waals surface area contributed by atoms with Crippen molar-refractivity contribution in [2.45, 2.75) is 23.7 Å². The minimum Gasteiger partial charge on any atom is -0.293 e. The number of thioether (sulfide) groups is 1. The van der Waals surface area contributed by atoms with Gasteiger partial charge in [0.25, 0.3) is 0 Å². The minimum atomic E-state index is -0.0653. The molecule has 2 aromatic rings. The molecule has 0 aliphatic heterocycles. The standard InChI is InChI=1S/C16H15NOS/c1-19-14-7-3-2-6-12(14)16(18)13-9-8-11-5-4-10-17-15(11)13/h2-7,10,13H,8-9H2,1H3. The Hall–Kier alpha value is -1.61. The lowest BCUT2D eigenvalue weighted by molar-refractivity contribution is 0.0955. The summed E-state index contributed by atoms with van der Waals surface area (Å²) in [6, 6.07) is 11.9. The first-order valence-corrected chi connectivity index (χ1v) is 7.64. The highest BCUT2D eigenvalue weighted by Crippen LogP contribution is 2.35. The molecule has 1 aromatic carbocycles. The van der Waals surface area contributed by atoms with Gasteiger partial charge in [0.15, 0.2) is 5.78 Å². The van der Waals surface area contributed by atoms with Crippen LogP contribution in [-0.4, -0.2) is 17.0 Å². The average Bonchev–Trinajstić information content (AvgIpc) is 2.90. The highest BCUT2D eigenvalue weighted by molar-refractivity contribution is 7.98. The van der Waals surface area contributed by atoms with Gasteiger partial charge in [-0.25, -0.2) is 0 Å². The molecule has 0 radical (unpaired) electrons. The van der Waals surface area contributed by atoms with Crippen molar-refractivity contribution in [3.05, 3.63) is 59.4 Å². The second-order valence-electron chi connectivity index (χ2n) is 4.70. The number of benzene rings is 1. The van der Waals surface area contributed by atoms with Crippen LogP contribution < -0.4 is 0 Å². The predicted molar refractivity (Wildman–Crippen MR) is 77.9 cm³/mol. The van der Waals surface area contributed by atoms with Crippen molar-refractivity contribution < 1.29 is 4.79 Å². The molecule has 96 valence electrons. The molecule has 1 unspecified atom stereocenters. The highest BCUT2D eigenvalue weighted by Gasteiger charge is 2.31. The summed E-state index contributed by atoms with van der Waals surface area (Å²) in [4.78, 5) is 18.2. The van der Waals surface area contributed by atoms with E-state index >= 15 is 0 Å². The van der Waals surface area contributed by atoms with Crippen LogP contribution in [0.3, 0.4) is 0 Å².